The highest BCUT2D eigenvalue weighted by atomic mass is 32.1. The lowest BCUT2D eigenvalue weighted by Crippen LogP contribution is -2.53. The van der Waals surface area contributed by atoms with Crippen molar-refractivity contribution in [1.29, 1.82) is 0 Å². The minimum absolute atomic E-state index is 0.00114. The number of aliphatic carboxylic acids is 1. The number of carbonyl (C=O) groups excluding carboxylic acids is 1. The molecule has 3 aromatic rings. The predicted octanol–water partition coefficient (Wildman–Crippen LogP) is 5.81. The van der Waals surface area contributed by atoms with Crippen molar-refractivity contribution in [2.75, 3.05) is 37.6 Å². The van der Waals surface area contributed by atoms with Gasteiger partial charge in [0.05, 0.1) is 37.6 Å². The fraction of sp³-hybridized carbons (Fsp3) is 0.500. The Morgan fingerprint density at radius 2 is 1.93 bits per heavy atom. The van der Waals surface area contributed by atoms with E-state index in [-0.39, 0.29) is 41.7 Å². The molecule has 10 nitrogen and oxygen atoms in total. The number of carbonyl (C=O) groups is 2. The number of hydrogen-bond acceptors (Lipinski definition) is 9. The number of thiazole rings is 1. The number of carboxylic acids is 1. The maximum absolute atomic E-state index is 13.8. The van der Waals surface area contributed by atoms with Crippen LogP contribution in [-0.2, 0) is 23.9 Å². The normalized spacial score (nSPS) is 19.5. The van der Waals surface area contributed by atoms with Crippen LogP contribution in [0.15, 0.2) is 30.6 Å². The van der Waals surface area contributed by atoms with Crippen LogP contribution in [0.25, 0.3) is 16.1 Å². The second-order valence-electron chi connectivity index (χ2n) is 12.2. The van der Waals surface area contributed by atoms with Crippen LogP contribution >= 0.6 is 11.3 Å². The summed E-state index contributed by atoms with van der Waals surface area (Å²) in [5.41, 5.74) is -0.339. The van der Waals surface area contributed by atoms with Gasteiger partial charge in [0.1, 0.15) is 16.5 Å². The number of Topliss-reactive ketones (excluding diaryl/α,β-unsaturated/α-hetero) is 1. The highest BCUT2D eigenvalue weighted by Gasteiger charge is 2.33. The van der Waals surface area contributed by atoms with E-state index in [1.807, 2.05) is 16.7 Å². The fourth-order valence-electron chi connectivity index (χ4n) is 6.32. The molecule has 2 aliphatic rings. The van der Waals surface area contributed by atoms with Crippen LogP contribution < -0.4 is 4.90 Å². The Morgan fingerprint density at radius 3 is 2.57 bits per heavy atom. The monoisotopic (exact) mass is 655 g/mol. The van der Waals surface area contributed by atoms with Gasteiger partial charge in [-0.2, -0.15) is 13.2 Å². The molecule has 4 heterocycles. The van der Waals surface area contributed by atoms with Gasteiger partial charge in [0, 0.05) is 48.7 Å². The minimum Gasteiger partial charge on any atom is -0.480 e. The fourth-order valence-corrected chi connectivity index (χ4v) is 7.44. The first-order valence-corrected chi connectivity index (χ1v) is 16.0. The molecule has 1 N–H and O–H groups in total. The van der Waals surface area contributed by atoms with Gasteiger partial charge in [-0.05, 0) is 56.0 Å². The van der Waals surface area contributed by atoms with Gasteiger partial charge in [-0.25, -0.2) is 19.8 Å². The Bertz CT molecular complexity index is 1620. The Labute approximate surface area is 269 Å². The van der Waals surface area contributed by atoms with Gasteiger partial charge in [-0.15, -0.1) is 11.3 Å². The van der Waals surface area contributed by atoms with E-state index in [2.05, 4.69) is 38.5 Å². The van der Waals surface area contributed by atoms with Crippen molar-refractivity contribution in [3.8, 4) is 11.3 Å². The third-order valence-corrected chi connectivity index (χ3v) is 9.56. The van der Waals surface area contributed by atoms with Crippen LogP contribution in [-0.4, -0.2) is 86.4 Å². The summed E-state index contributed by atoms with van der Waals surface area (Å²) in [5.74, 6) is -0.206. The van der Waals surface area contributed by atoms with Crippen molar-refractivity contribution < 1.29 is 27.9 Å². The third-order valence-electron chi connectivity index (χ3n) is 8.52. The van der Waals surface area contributed by atoms with Gasteiger partial charge in [-0.1, -0.05) is 13.8 Å². The molecule has 2 atom stereocenters. The third kappa shape index (κ3) is 7.71. The Kier molecular flexibility index (Phi) is 10.0. The van der Waals surface area contributed by atoms with E-state index in [4.69, 9.17) is 11.7 Å². The molecule has 2 saturated heterocycles. The first-order valence-electron chi connectivity index (χ1n) is 15.2. The maximum atomic E-state index is 13.8. The van der Waals surface area contributed by atoms with Crippen LogP contribution in [0.1, 0.15) is 59.5 Å². The summed E-state index contributed by atoms with van der Waals surface area (Å²) < 4.78 is 41.3. The first kappa shape index (κ1) is 33.4. The maximum Gasteiger partial charge on any atom is 0.415 e. The molecule has 0 bridgehead atoms. The summed E-state index contributed by atoms with van der Waals surface area (Å²) in [6.07, 6.45) is 0.279. The molecule has 2 aromatic heterocycles. The molecule has 1 aromatic carbocycles. The van der Waals surface area contributed by atoms with E-state index in [1.54, 1.807) is 0 Å². The molecule has 0 unspecified atom stereocenters. The number of likely N-dealkylation sites (tertiary alicyclic amines) is 1. The van der Waals surface area contributed by atoms with Gasteiger partial charge in [0.2, 0.25) is 0 Å². The summed E-state index contributed by atoms with van der Waals surface area (Å²) in [6.45, 7) is 16.7. The number of rotatable bonds is 10. The number of hydrogen-bond donors (Lipinski definition) is 1. The summed E-state index contributed by atoms with van der Waals surface area (Å²) >= 11 is 1.30. The molecule has 244 valence electrons. The molecule has 0 saturated carbocycles. The molecule has 2 aliphatic heterocycles. The number of anilines is 1. The van der Waals surface area contributed by atoms with Crippen LogP contribution in [0.4, 0.5) is 24.7 Å². The summed E-state index contributed by atoms with van der Waals surface area (Å²) in [7, 11) is 0. The number of ketones is 1. The van der Waals surface area contributed by atoms with Gasteiger partial charge in [0.25, 0.3) is 0 Å². The predicted molar refractivity (Wildman–Crippen MR) is 168 cm³/mol. The average Bonchev–Trinajstić information content (AvgIpc) is 3.63. The molecule has 14 heteroatoms. The van der Waals surface area contributed by atoms with Gasteiger partial charge in [0.15, 0.2) is 11.5 Å². The topological polar surface area (TPSA) is 107 Å². The molecule has 0 amide bonds. The van der Waals surface area contributed by atoms with Gasteiger partial charge in [-0.3, -0.25) is 19.4 Å². The van der Waals surface area contributed by atoms with Crippen molar-refractivity contribution in [1.82, 2.24) is 24.8 Å². The van der Waals surface area contributed by atoms with Crippen molar-refractivity contribution in [2.45, 2.75) is 64.8 Å². The zero-order valence-electron chi connectivity index (χ0n) is 25.9. The van der Waals surface area contributed by atoms with E-state index < -0.39 is 17.7 Å². The highest BCUT2D eigenvalue weighted by molar-refractivity contribution is 7.12. The SMILES string of the molecule is [C-]#[N+]c1cc(-c2nc(CC(=O)c3cnc(N4CCN(CC(=O)O)C[C@H]4C)cn3)sc2CN2CCC[C@H]2C(C)C)cc(C(F)(F)F)c1. The van der Waals surface area contributed by atoms with Crippen molar-refractivity contribution >= 4 is 34.6 Å². The highest BCUT2D eigenvalue weighted by Crippen LogP contribution is 2.39. The standard InChI is InChI=1S/C32H36F3N7O3S/c1-19(2)25-6-5-7-41(25)17-27-31(21-10-22(32(33,34)35)12-23(11-21)36-4)39-29(46-27)13-26(43)24-14-38-28(15-37-24)42-9-8-40(16-20(42)3)18-30(44)45/h10-12,14-15,19-20,25H,5-9,13,16-18H2,1-3H3,(H,44,45)/t20-,25+/m1/s1. The molecular weight excluding hydrogens is 619 g/mol. The Morgan fingerprint density at radius 1 is 1.15 bits per heavy atom. The number of halogens is 3. The van der Waals surface area contributed by atoms with Gasteiger partial charge < -0.3 is 10.0 Å². The number of nitrogens with zero attached hydrogens (tertiary/aromatic N) is 7. The number of alkyl halides is 3. The zero-order chi connectivity index (χ0) is 33.2. The Balaban J connectivity index is 1.38. The molecular formula is C32H36F3N7O3S. The minimum atomic E-state index is -4.63. The second-order valence-corrected chi connectivity index (χ2v) is 13.4. The van der Waals surface area contributed by atoms with Crippen LogP contribution in [0, 0.1) is 12.5 Å². The largest absolute Gasteiger partial charge is 0.480 e. The number of carboxylic acid groups (broad SMARTS) is 1. The first-order chi connectivity index (χ1) is 21.8. The smallest absolute Gasteiger partial charge is 0.415 e. The number of benzene rings is 1. The molecule has 0 spiro atoms. The number of aromatic nitrogens is 3. The van der Waals surface area contributed by atoms with E-state index in [0.717, 1.165) is 36.4 Å². The van der Waals surface area contributed by atoms with E-state index in [9.17, 15) is 22.8 Å². The summed E-state index contributed by atoms with van der Waals surface area (Å²) in [6, 6.07) is 3.61. The van der Waals surface area contributed by atoms with E-state index in [0.29, 0.717) is 54.7 Å². The van der Waals surface area contributed by atoms with Crippen molar-refractivity contribution in [3.05, 3.63) is 63.2 Å². The lowest BCUT2D eigenvalue weighted by molar-refractivity contribution is -0.139. The van der Waals surface area contributed by atoms with Crippen LogP contribution in [0.3, 0.4) is 0 Å². The quantitative estimate of drug-likeness (QED) is 0.214. The molecule has 5 rings (SSSR count). The van der Waals surface area contributed by atoms with Crippen LogP contribution in [0.2, 0.25) is 0 Å². The summed E-state index contributed by atoms with van der Waals surface area (Å²) in [5, 5.41) is 9.54. The molecule has 2 fully saturated rings. The van der Waals surface area contributed by atoms with E-state index in [1.165, 1.54) is 29.8 Å². The Hall–Kier alpha value is -3.93. The van der Waals surface area contributed by atoms with Crippen molar-refractivity contribution in [3.63, 3.8) is 0 Å². The zero-order valence-corrected chi connectivity index (χ0v) is 26.7. The molecule has 0 aliphatic carbocycles. The molecule has 0 radical (unpaired) electrons. The lowest BCUT2D eigenvalue weighted by atomic mass is 10.0. The van der Waals surface area contributed by atoms with Crippen molar-refractivity contribution in [2.24, 2.45) is 5.92 Å². The molecule has 46 heavy (non-hydrogen) atoms. The summed E-state index contributed by atoms with van der Waals surface area (Å²) in [4.78, 5) is 48.1. The van der Waals surface area contributed by atoms with E-state index >= 15 is 0 Å². The van der Waals surface area contributed by atoms with Crippen LogP contribution in [0.5, 0.6) is 0 Å². The second kappa shape index (κ2) is 13.8. The lowest BCUT2D eigenvalue weighted by Gasteiger charge is -2.39. The average molecular weight is 656 g/mol. The number of piperazine rings is 1. The van der Waals surface area contributed by atoms with Gasteiger partial charge >= 0.3 is 12.1 Å².